The van der Waals surface area contributed by atoms with Crippen LogP contribution in [0.1, 0.15) is 56.2 Å². The molecule has 21 nitrogen and oxygen atoms in total. The van der Waals surface area contributed by atoms with Gasteiger partial charge in [-0.05, 0) is 53.6 Å². The fraction of sp³-hybridized carbons (Fsp3) is 0.432. The smallest absolute Gasteiger partial charge is 0.481 e. The Hall–Kier alpha value is -6.12. The number of pyridine rings is 1. The highest BCUT2D eigenvalue weighted by atomic mass is 79.9. The number of guanidine groups is 1. The van der Waals surface area contributed by atoms with Crippen LogP contribution >= 0.6 is 31.9 Å². The van der Waals surface area contributed by atoms with Gasteiger partial charge >= 0.3 is 12.9 Å². The predicted molar refractivity (Wildman–Crippen MR) is 232 cm³/mol. The molecular weight excluding hydrogens is 982 g/mol. The number of carboxylic acid groups (broad SMARTS) is 1. The highest BCUT2D eigenvalue weighted by Gasteiger charge is 2.34. The quantitative estimate of drug-likeness (QED) is 0.0347. The Balaban J connectivity index is 1.48. The van der Waals surface area contributed by atoms with Crippen molar-refractivity contribution in [3.05, 3.63) is 62.9 Å². The first kappa shape index (κ1) is 50.5. The molecule has 4 rings (SSSR count). The monoisotopic (exact) mass is 1030 g/mol. The van der Waals surface area contributed by atoms with E-state index < -0.39 is 95.5 Å². The standard InChI is InChI=1S/C37H46BBr2F3N13O8/c39-22-17-47-32(31(40)30(22)38(41,42)43)53-27(57)12-11-21-19-56(55-54-21)14-5-4-9-24-34(62)50-23(10-6-13-46-37(44)45)33(61)48-18-28(58)49-26(16-29(59)60)36(64)52-25(35(63)51-24)15-20-7-2-1-3-8-20/h1-3,7-8,17,19,23-26H,4-6,9-16,18H2,(H,48,61)(H,49,58)(H,50,62)(H,51,63)(H,52,64)(H,59,60)(H4,44,45,46)(H,47,53,57)/q-1/t23-,24-,25+,26-/m0/s1. The number of aromatic nitrogens is 4. The molecule has 2 aromatic heterocycles. The number of aliphatic carboxylic acids is 1. The molecule has 0 spiro atoms. The second-order valence-corrected chi connectivity index (χ2v) is 16.2. The average Bonchev–Trinajstić information content (AvgIpc) is 3.68. The van der Waals surface area contributed by atoms with Crippen molar-refractivity contribution in [3.8, 4) is 0 Å². The molecule has 64 heavy (non-hydrogen) atoms. The van der Waals surface area contributed by atoms with Gasteiger partial charge in [0.1, 0.15) is 30.0 Å². The van der Waals surface area contributed by atoms with E-state index in [4.69, 9.17) is 11.5 Å². The van der Waals surface area contributed by atoms with Crippen LogP contribution in [0.25, 0.3) is 0 Å². The van der Waals surface area contributed by atoms with Gasteiger partial charge in [-0.1, -0.05) is 56.9 Å². The van der Waals surface area contributed by atoms with Gasteiger partial charge in [-0.25, -0.2) is 4.98 Å². The van der Waals surface area contributed by atoms with E-state index in [0.29, 0.717) is 24.1 Å². The molecule has 27 heteroatoms. The molecule has 6 amide bonds. The van der Waals surface area contributed by atoms with Crippen molar-refractivity contribution in [2.45, 2.75) is 88.5 Å². The molecule has 1 aliphatic heterocycles. The van der Waals surface area contributed by atoms with Gasteiger partial charge in [0.05, 0.1) is 18.7 Å². The molecule has 0 saturated carbocycles. The van der Waals surface area contributed by atoms with Crippen LogP contribution in [0.15, 0.2) is 56.7 Å². The number of nitrogens with zero attached hydrogens (tertiary/aromatic N) is 5. The van der Waals surface area contributed by atoms with E-state index >= 15 is 0 Å². The number of nitrogens with one attached hydrogen (secondary N) is 6. The lowest BCUT2D eigenvalue weighted by Gasteiger charge is -2.26. The Morgan fingerprint density at radius 3 is 2.20 bits per heavy atom. The molecule has 3 heterocycles. The molecule has 1 aromatic carbocycles. The lowest BCUT2D eigenvalue weighted by molar-refractivity contribution is -0.141. The molecule has 3 aromatic rings. The molecule has 0 bridgehead atoms. The summed E-state index contributed by atoms with van der Waals surface area (Å²) in [5.74, 6) is -6.79. The molecule has 0 radical (unpaired) electrons. The van der Waals surface area contributed by atoms with Gasteiger partial charge in [0.25, 0.3) is 0 Å². The first-order valence-electron chi connectivity index (χ1n) is 19.8. The second kappa shape index (κ2) is 24.1. The maximum absolute atomic E-state index is 14.0. The van der Waals surface area contributed by atoms with Gasteiger partial charge in [-0.2, -0.15) is 0 Å². The van der Waals surface area contributed by atoms with Gasteiger partial charge in [-0.3, -0.25) is 43.2 Å². The molecule has 346 valence electrons. The summed E-state index contributed by atoms with van der Waals surface area (Å²) in [4.78, 5) is 99.7. The fourth-order valence-corrected chi connectivity index (χ4v) is 7.83. The first-order chi connectivity index (χ1) is 30.3. The van der Waals surface area contributed by atoms with E-state index in [2.05, 4.69) is 84.0 Å². The summed E-state index contributed by atoms with van der Waals surface area (Å²) >= 11 is 5.72. The molecule has 1 saturated heterocycles. The zero-order valence-electron chi connectivity index (χ0n) is 34.0. The van der Waals surface area contributed by atoms with Crippen molar-refractivity contribution in [1.82, 2.24) is 46.6 Å². The van der Waals surface area contributed by atoms with Crippen LogP contribution in [0.5, 0.6) is 0 Å². The number of anilines is 1. The lowest BCUT2D eigenvalue weighted by atomic mass is 9.81. The Morgan fingerprint density at radius 2 is 1.53 bits per heavy atom. The summed E-state index contributed by atoms with van der Waals surface area (Å²) in [6.07, 6.45) is 2.44. The highest BCUT2D eigenvalue weighted by molar-refractivity contribution is 9.11. The normalized spacial score (nSPS) is 18.9. The van der Waals surface area contributed by atoms with Crippen molar-refractivity contribution in [2.75, 3.05) is 18.4 Å². The average molecular weight is 1030 g/mol. The minimum atomic E-state index is -5.42. The van der Waals surface area contributed by atoms with E-state index in [-0.39, 0.29) is 67.9 Å². The third-order valence-electron chi connectivity index (χ3n) is 9.50. The maximum atomic E-state index is 14.0. The number of benzene rings is 1. The van der Waals surface area contributed by atoms with E-state index in [1.54, 1.807) is 36.5 Å². The third kappa shape index (κ3) is 16.2. The lowest BCUT2D eigenvalue weighted by Crippen LogP contribution is -2.58. The molecule has 1 aliphatic rings. The number of halogens is 5. The molecule has 1 fully saturated rings. The summed E-state index contributed by atoms with van der Waals surface area (Å²) in [6.45, 7) is -5.73. The molecule has 0 unspecified atom stereocenters. The SMILES string of the molecule is NC(N)=NCCC[C@@H]1NC(=O)[C@H](CCCCn2cc(CCC(=O)Nc3ncc(Br)c([B-](F)(F)F)c3Br)nn2)NC(=O)[C@@H](Cc2ccccc2)NC(=O)[C@H](CC(=O)O)NC(=O)CNC1=O. The summed E-state index contributed by atoms with van der Waals surface area (Å²) in [5.41, 5.74) is 10.9. The number of carbonyl (C=O) groups excluding carboxylic acids is 6. The van der Waals surface area contributed by atoms with Gasteiger partial charge in [0, 0.05) is 53.7 Å². The van der Waals surface area contributed by atoms with Crippen LogP contribution in [-0.4, -0.2) is 117 Å². The molecule has 11 N–H and O–H groups in total. The Kier molecular flexibility index (Phi) is 19.0. The van der Waals surface area contributed by atoms with Crippen LogP contribution in [-0.2, 0) is 52.9 Å². The summed E-state index contributed by atoms with van der Waals surface area (Å²) in [7, 11) is 0. The zero-order chi connectivity index (χ0) is 47.0. The van der Waals surface area contributed by atoms with E-state index in [1.165, 1.54) is 4.68 Å². The van der Waals surface area contributed by atoms with Gasteiger partial charge in [-0.15, -0.1) is 5.10 Å². The minimum Gasteiger partial charge on any atom is -0.481 e. The van der Waals surface area contributed by atoms with Gasteiger partial charge in [0.15, 0.2) is 5.96 Å². The number of aliphatic imine (C=N–C) groups is 1. The van der Waals surface area contributed by atoms with E-state index in [9.17, 15) is 51.6 Å². The molecule has 0 aliphatic carbocycles. The van der Waals surface area contributed by atoms with Crippen molar-refractivity contribution < 1.29 is 51.6 Å². The number of nitrogens with two attached hydrogens (primary N) is 2. The van der Waals surface area contributed by atoms with Crippen molar-refractivity contribution in [1.29, 1.82) is 0 Å². The van der Waals surface area contributed by atoms with Crippen LogP contribution in [0, 0.1) is 0 Å². The molecule has 4 atom stereocenters. The Labute approximate surface area is 380 Å². The van der Waals surface area contributed by atoms with Crippen LogP contribution < -0.4 is 48.8 Å². The third-order valence-corrected chi connectivity index (χ3v) is 10.9. The number of hydrogen-bond acceptors (Lipinski definition) is 11. The topological polar surface area (TPSA) is 320 Å². The fourth-order valence-electron chi connectivity index (χ4n) is 6.32. The first-order valence-corrected chi connectivity index (χ1v) is 21.4. The van der Waals surface area contributed by atoms with Crippen LogP contribution in [0.2, 0.25) is 0 Å². The number of rotatable bonds is 18. The van der Waals surface area contributed by atoms with E-state index in [0.717, 1.165) is 6.20 Å². The predicted octanol–water partition coefficient (Wildman–Crippen LogP) is -0.166. The van der Waals surface area contributed by atoms with Gasteiger partial charge < -0.3 is 61.4 Å². The summed E-state index contributed by atoms with van der Waals surface area (Å²) < 4.78 is 41.4. The number of carboxylic acids is 1. The number of unbranched alkanes of at least 4 members (excludes halogenated alkanes) is 1. The number of hydrogen-bond donors (Lipinski definition) is 9. The highest BCUT2D eigenvalue weighted by Crippen LogP contribution is 2.27. The Bertz CT molecular complexity index is 2200. The number of aryl methyl sites for hydroxylation is 2. The van der Waals surface area contributed by atoms with E-state index in [1.807, 2.05) is 0 Å². The second-order valence-electron chi connectivity index (χ2n) is 14.5. The van der Waals surface area contributed by atoms with Crippen LogP contribution in [0.4, 0.5) is 18.8 Å². The number of carbonyl (C=O) groups is 7. The molecular formula is C37H46BBr2F3N13O8-. The van der Waals surface area contributed by atoms with Crippen molar-refractivity contribution in [2.24, 2.45) is 16.5 Å². The van der Waals surface area contributed by atoms with Gasteiger partial charge in [0.2, 0.25) is 35.4 Å². The Morgan fingerprint density at radius 1 is 0.891 bits per heavy atom. The maximum Gasteiger partial charge on any atom is 0.512 e. The summed E-state index contributed by atoms with van der Waals surface area (Å²) in [5, 5.41) is 32.5. The largest absolute Gasteiger partial charge is 0.512 e. The number of amides is 6. The minimum absolute atomic E-state index is 0.00351. The van der Waals surface area contributed by atoms with Crippen molar-refractivity contribution in [3.63, 3.8) is 0 Å². The summed E-state index contributed by atoms with van der Waals surface area (Å²) in [6, 6.07) is 3.06. The van der Waals surface area contributed by atoms with Crippen LogP contribution in [0.3, 0.4) is 0 Å². The zero-order valence-corrected chi connectivity index (χ0v) is 37.2. The van der Waals surface area contributed by atoms with Crippen molar-refractivity contribution >= 4 is 97.5 Å².